The van der Waals surface area contributed by atoms with Crippen molar-refractivity contribution < 1.29 is 4.52 Å². The van der Waals surface area contributed by atoms with E-state index in [4.69, 9.17) is 4.52 Å². The molecule has 0 aliphatic rings. The van der Waals surface area contributed by atoms with Gasteiger partial charge in [0.15, 0.2) is 5.76 Å². The van der Waals surface area contributed by atoms with Crippen molar-refractivity contribution in [3.63, 3.8) is 0 Å². The zero-order valence-corrected chi connectivity index (χ0v) is 16.2. The lowest BCUT2D eigenvalue weighted by molar-refractivity contribution is 0.426. The first-order chi connectivity index (χ1) is 12.1. The Morgan fingerprint density at radius 1 is 1.08 bits per heavy atom. The lowest BCUT2D eigenvalue weighted by Crippen LogP contribution is -2.26. The molecule has 0 fully saturated rings. The summed E-state index contributed by atoms with van der Waals surface area (Å²) in [5.41, 5.74) is 4.51. The fraction of sp³-hybridized carbons (Fsp3) is 0.286. The summed E-state index contributed by atoms with van der Waals surface area (Å²) >= 11 is 3.47. The number of nitrogens with one attached hydrogen (secondary N) is 1. The highest BCUT2D eigenvalue weighted by molar-refractivity contribution is 9.10. The maximum absolute atomic E-state index is 5.58. The van der Waals surface area contributed by atoms with Crippen LogP contribution in [0, 0.1) is 6.92 Å². The second kappa shape index (κ2) is 8.45. The van der Waals surface area contributed by atoms with E-state index in [1.54, 1.807) is 0 Å². The van der Waals surface area contributed by atoms with Crippen molar-refractivity contribution in [3.8, 4) is 11.3 Å². The van der Waals surface area contributed by atoms with E-state index in [-0.39, 0.29) is 0 Å². The number of benzene rings is 2. The van der Waals surface area contributed by atoms with Gasteiger partial charge < -0.3 is 9.84 Å². The second-order valence-electron chi connectivity index (χ2n) is 6.39. The molecule has 1 N–H and O–H groups in total. The Balaban J connectivity index is 1.61. The van der Waals surface area contributed by atoms with E-state index in [0.29, 0.717) is 6.04 Å². The van der Waals surface area contributed by atoms with Crippen LogP contribution in [-0.2, 0) is 13.0 Å². The average molecular weight is 399 g/mol. The van der Waals surface area contributed by atoms with Gasteiger partial charge in [0.1, 0.15) is 0 Å². The topological polar surface area (TPSA) is 38.1 Å². The van der Waals surface area contributed by atoms with Gasteiger partial charge in [0.2, 0.25) is 0 Å². The highest BCUT2D eigenvalue weighted by Gasteiger charge is 2.15. The van der Waals surface area contributed by atoms with Crippen LogP contribution in [0.3, 0.4) is 0 Å². The standard InChI is InChI=1S/C21H23BrN2O/c1-15(8-9-17-6-4-3-5-7-17)23-14-20-16(2)24-25-21(20)18-10-12-19(22)13-11-18/h3-7,10-13,15,23H,8-9,14H2,1-2H3. The molecule has 0 spiro atoms. The van der Waals surface area contributed by atoms with Crippen LogP contribution in [0.15, 0.2) is 63.6 Å². The molecule has 2 aromatic carbocycles. The fourth-order valence-electron chi connectivity index (χ4n) is 2.83. The molecule has 0 amide bonds. The third kappa shape index (κ3) is 4.80. The number of halogens is 1. The van der Waals surface area contributed by atoms with Crippen molar-refractivity contribution >= 4 is 15.9 Å². The number of hydrogen-bond acceptors (Lipinski definition) is 3. The van der Waals surface area contributed by atoms with Crippen LogP contribution < -0.4 is 5.32 Å². The van der Waals surface area contributed by atoms with Crippen molar-refractivity contribution in [2.24, 2.45) is 0 Å². The van der Waals surface area contributed by atoms with E-state index in [1.807, 2.05) is 31.2 Å². The molecule has 1 heterocycles. The summed E-state index contributed by atoms with van der Waals surface area (Å²) in [7, 11) is 0. The Bertz CT molecular complexity index is 797. The van der Waals surface area contributed by atoms with Gasteiger partial charge in [0.05, 0.1) is 5.69 Å². The molecular weight excluding hydrogens is 376 g/mol. The number of aromatic nitrogens is 1. The summed E-state index contributed by atoms with van der Waals surface area (Å²) in [5.74, 6) is 0.854. The molecular formula is C21H23BrN2O. The minimum absolute atomic E-state index is 0.423. The number of hydrogen-bond donors (Lipinski definition) is 1. The third-order valence-electron chi connectivity index (χ3n) is 4.43. The van der Waals surface area contributed by atoms with Crippen LogP contribution in [0.1, 0.15) is 30.2 Å². The van der Waals surface area contributed by atoms with Gasteiger partial charge >= 0.3 is 0 Å². The Morgan fingerprint density at radius 3 is 2.52 bits per heavy atom. The minimum atomic E-state index is 0.423. The van der Waals surface area contributed by atoms with Crippen LogP contribution >= 0.6 is 15.9 Å². The summed E-state index contributed by atoms with van der Waals surface area (Å²) in [5, 5.41) is 7.77. The molecule has 0 aliphatic carbocycles. The molecule has 1 aromatic heterocycles. The summed E-state index contributed by atoms with van der Waals surface area (Å²) in [6.45, 7) is 4.99. The Kier molecular flexibility index (Phi) is 6.05. The molecule has 0 saturated heterocycles. The first kappa shape index (κ1) is 17.9. The highest BCUT2D eigenvalue weighted by Crippen LogP contribution is 2.27. The zero-order chi connectivity index (χ0) is 17.6. The highest BCUT2D eigenvalue weighted by atomic mass is 79.9. The second-order valence-corrected chi connectivity index (χ2v) is 7.30. The first-order valence-electron chi connectivity index (χ1n) is 8.62. The van der Waals surface area contributed by atoms with E-state index in [9.17, 15) is 0 Å². The number of nitrogens with zero attached hydrogens (tertiary/aromatic N) is 1. The normalized spacial score (nSPS) is 12.3. The van der Waals surface area contributed by atoms with E-state index in [2.05, 4.69) is 63.7 Å². The van der Waals surface area contributed by atoms with Crippen LogP contribution in [0.25, 0.3) is 11.3 Å². The molecule has 3 rings (SSSR count). The third-order valence-corrected chi connectivity index (χ3v) is 4.96. The van der Waals surface area contributed by atoms with Crippen molar-refractivity contribution in [1.29, 1.82) is 0 Å². The summed E-state index contributed by atoms with van der Waals surface area (Å²) in [4.78, 5) is 0. The smallest absolute Gasteiger partial charge is 0.171 e. The summed E-state index contributed by atoms with van der Waals surface area (Å²) in [6, 6.07) is 19.2. The van der Waals surface area contributed by atoms with Gasteiger partial charge in [-0.05, 0) is 44.4 Å². The molecule has 25 heavy (non-hydrogen) atoms. The molecule has 4 heteroatoms. The van der Waals surface area contributed by atoms with E-state index in [0.717, 1.165) is 46.4 Å². The molecule has 0 aliphatic heterocycles. The van der Waals surface area contributed by atoms with Crippen molar-refractivity contribution in [2.75, 3.05) is 0 Å². The molecule has 0 saturated carbocycles. The van der Waals surface area contributed by atoms with Gasteiger partial charge in [-0.15, -0.1) is 0 Å². The molecule has 3 aromatic rings. The van der Waals surface area contributed by atoms with Crippen molar-refractivity contribution in [2.45, 2.75) is 39.3 Å². The SMILES string of the molecule is Cc1noc(-c2ccc(Br)cc2)c1CNC(C)CCc1ccccc1. The van der Waals surface area contributed by atoms with Crippen molar-refractivity contribution in [1.82, 2.24) is 10.5 Å². The van der Waals surface area contributed by atoms with Gasteiger partial charge in [0.25, 0.3) is 0 Å². The van der Waals surface area contributed by atoms with Gasteiger partial charge in [0, 0.05) is 28.2 Å². The minimum Gasteiger partial charge on any atom is -0.356 e. The summed E-state index contributed by atoms with van der Waals surface area (Å²) < 4.78 is 6.63. The zero-order valence-electron chi connectivity index (χ0n) is 14.6. The Labute approximate surface area is 157 Å². The summed E-state index contributed by atoms with van der Waals surface area (Å²) in [6.07, 6.45) is 2.18. The van der Waals surface area contributed by atoms with Crippen LogP contribution in [-0.4, -0.2) is 11.2 Å². The predicted molar refractivity (Wildman–Crippen MR) is 105 cm³/mol. The van der Waals surface area contributed by atoms with E-state index >= 15 is 0 Å². The first-order valence-corrected chi connectivity index (χ1v) is 9.41. The predicted octanol–water partition coefficient (Wildman–Crippen LogP) is 5.52. The fourth-order valence-corrected chi connectivity index (χ4v) is 3.10. The Morgan fingerprint density at radius 2 is 1.80 bits per heavy atom. The van der Waals surface area contributed by atoms with E-state index < -0.39 is 0 Å². The van der Waals surface area contributed by atoms with Gasteiger partial charge in [-0.1, -0.05) is 63.6 Å². The quantitative estimate of drug-likeness (QED) is 0.568. The monoisotopic (exact) mass is 398 g/mol. The van der Waals surface area contributed by atoms with Crippen LogP contribution in [0.2, 0.25) is 0 Å². The average Bonchev–Trinajstić information content (AvgIpc) is 3.00. The largest absolute Gasteiger partial charge is 0.356 e. The molecule has 1 atom stereocenters. The molecule has 0 bridgehead atoms. The lowest BCUT2D eigenvalue weighted by atomic mass is 10.0. The van der Waals surface area contributed by atoms with Gasteiger partial charge in [-0.25, -0.2) is 0 Å². The van der Waals surface area contributed by atoms with E-state index in [1.165, 1.54) is 5.56 Å². The van der Waals surface area contributed by atoms with Crippen LogP contribution in [0.4, 0.5) is 0 Å². The van der Waals surface area contributed by atoms with Gasteiger partial charge in [-0.2, -0.15) is 0 Å². The maximum atomic E-state index is 5.58. The van der Waals surface area contributed by atoms with Crippen molar-refractivity contribution in [3.05, 3.63) is 75.9 Å². The number of aryl methyl sites for hydroxylation is 2. The van der Waals surface area contributed by atoms with Gasteiger partial charge in [-0.3, -0.25) is 0 Å². The van der Waals surface area contributed by atoms with Crippen LogP contribution in [0.5, 0.6) is 0 Å². The number of rotatable bonds is 7. The molecule has 1 unspecified atom stereocenters. The lowest BCUT2D eigenvalue weighted by Gasteiger charge is -2.14. The molecule has 3 nitrogen and oxygen atoms in total. The molecule has 0 radical (unpaired) electrons. The maximum Gasteiger partial charge on any atom is 0.171 e. The molecule has 130 valence electrons. The Hall–Kier alpha value is -1.91.